The third-order valence-corrected chi connectivity index (χ3v) is 5.62. The molecular weight excluding hydrogens is 300 g/mol. The number of aromatic nitrogens is 1. The maximum absolute atomic E-state index is 11.8. The molecule has 1 aliphatic heterocycles. The third-order valence-electron chi connectivity index (χ3n) is 5.62. The van der Waals surface area contributed by atoms with Gasteiger partial charge < -0.3 is 10.5 Å². The molecule has 2 heterocycles. The van der Waals surface area contributed by atoms with Crippen LogP contribution >= 0.6 is 0 Å². The average molecular weight is 324 g/mol. The van der Waals surface area contributed by atoms with Crippen LogP contribution in [0.15, 0.2) is 35.7 Å². The largest absolute Gasteiger partial charge is 0.483 e. The molecule has 2 aliphatic carbocycles. The van der Waals surface area contributed by atoms with Crippen molar-refractivity contribution >= 4 is 11.5 Å². The van der Waals surface area contributed by atoms with E-state index in [1.165, 1.54) is 43.3 Å². The van der Waals surface area contributed by atoms with Gasteiger partial charge in [0.25, 0.3) is 0 Å². The Morgan fingerprint density at radius 1 is 1.17 bits per heavy atom. The number of nitrogens with zero attached hydrogens (tertiary/aromatic N) is 1. The minimum atomic E-state index is -0.299. The second-order valence-electron chi connectivity index (χ2n) is 7.13. The second kappa shape index (κ2) is 6.42. The number of ether oxygens (including phenoxy) is 1. The van der Waals surface area contributed by atoms with Crippen molar-refractivity contribution < 1.29 is 9.53 Å². The van der Waals surface area contributed by atoms with E-state index in [1.54, 1.807) is 0 Å². The molecule has 2 N–H and O–H groups in total. The first-order valence-corrected chi connectivity index (χ1v) is 9.08. The maximum Gasteiger partial charge on any atom is 0.244 e. The first-order valence-electron chi connectivity index (χ1n) is 9.08. The van der Waals surface area contributed by atoms with Crippen LogP contribution in [-0.2, 0) is 4.79 Å². The Kier molecular flexibility index (Phi) is 4.13. The number of amides is 1. The molecule has 0 radical (unpaired) electrons. The average Bonchev–Trinajstić information content (AvgIpc) is 2.85. The molecule has 1 aromatic heterocycles. The summed E-state index contributed by atoms with van der Waals surface area (Å²) in [6.45, 7) is 0. The van der Waals surface area contributed by atoms with Crippen LogP contribution in [0.5, 0.6) is 5.75 Å². The Labute approximate surface area is 142 Å². The van der Waals surface area contributed by atoms with E-state index >= 15 is 0 Å². The highest BCUT2D eigenvalue weighted by Crippen LogP contribution is 2.44. The fourth-order valence-corrected chi connectivity index (χ4v) is 4.40. The first-order chi connectivity index (χ1) is 11.7. The third kappa shape index (κ3) is 2.74. The van der Waals surface area contributed by atoms with Gasteiger partial charge in [0, 0.05) is 23.3 Å². The van der Waals surface area contributed by atoms with Crippen LogP contribution in [-0.4, -0.2) is 17.0 Å². The van der Waals surface area contributed by atoms with Gasteiger partial charge in [0.05, 0.1) is 6.20 Å². The summed E-state index contributed by atoms with van der Waals surface area (Å²) in [4.78, 5) is 16.0. The van der Waals surface area contributed by atoms with E-state index in [-0.39, 0.29) is 12.0 Å². The Hall–Kier alpha value is -2.10. The van der Waals surface area contributed by atoms with Gasteiger partial charge in [0.2, 0.25) is 5.91 Å². The lowest BCUT2D eigenvalue weighted by Gasteiger charge is -2.36. The second-order valence-corrected chi connectivity index (χ2v) is 7.13. The monoisotopic (exact) mass is 324 g/mol. The van der Waals surface area contributed by atoms with Gasteiger partial charge in [-0.25, -0.2) is 0 Å². The smallest absolute Gasteiger partial charge is 0.244 e. The number of nitrogens with two attached hydrogens (primary N) is 1. The number of hydrogen-bond acceptors (Lipinski definition) is 3. The van der Waals surface area contributed by atoms with E-state index in [2.05, 4.69) is 4.98 Å². The van der Waals surface area contributed by atoms with Crippen molar-refractivity contribution in [2.75, 3.05) is 0 Å². The maximum atomic E-state index is 11.8. The van der Waals surface area contributed by atoms with Gasteiger partial charge in [-0.05, 0) is 55.4 Å². The Morgan fingerprint density at radius 3 is 2.79 bits per heavy atom. The molecule has 24 heavy (non-hydrogen) atoms. The molecule has 0 bridgehead atoms. The molecule has 3 aliphatic rings. The van der Waals surface area contributed by atoms with Crippen LogP contribution in [0.2, 0.25) is 0 Å². The van der Waals surface area contributed by atoms with Crippen molar-refractivity contribution in [2.24, 2.45) is 11.7 Å². The van der Waals surface area contributed by atoms with Crippen molar-refractivity contribution in [1.29, 1.82) is 0 Å². The van der Waals surface area contributed by atoms with Gasteiger partial charge in [0.1, 0.15) is 11.9 Å². The number of pyridine rings is 1. The summed E-state index contributed by atoms with van der Waals surface area (Å²) >= 11 is 0. The molecule has 126 valence electrons. The number of carbonyl (C=O) groups is 1. The zero-order valence-corrected chi connectivity index (χ0v) is 14.0. The van der Waals surface area contributed by atoms with E-state index in [4.69, 9.17) is 10.5 Å². The van der Waals surface area contributed by atoms with Crippen LogP contribution in [0, 0.1) is 5.92 Å². The highest BCUT2D eigenvalue weighted by molar-refractivity contribution is 5.94. The van der Waals surface area contributed by atoms with E-state index in [9.17, 15) is 4.79 Å². The molecule has 1 saturated carbocycles. The van der Waals surface area contributed by atoms with Gasteiger partial charge in [-0.2, -0.15) is 0 Å². The predicted molar refractivity (Wildman–Crippen MR) is 93.3 cm³/mol. The summed E-state index contributed by atoms with van der Waals surface area (Å²) in [6.07, 6.45) is 14.6. The highest BCUT2D eigenvalue weighted by Gasteiger charge is 2.35. The lowest BCUT2D eigenvalue weighted by molar-refractivity contribution is -0.114. The van der Waals surface area contributed by atoms with Gasteiger partial charge in [-0.15, -0.1) is 0 Å². The fourth-order valence-electron chi connectivity index (χ4n) is 4.40. The molecule has 1 amide bonds. The van der Waals surface area contributed by atoms with E-state index < -0.39 is 0 Å². The lowest BCUT2D eigenvalue weighted by Crippen LogP contribution is -2.33. The summed E-state index contributed by atoms with van der Waals surface area (Å²) in [7, 11) is 0. The van der Waals surface area contributed by atoms with Crippen molar-refractivity contribution in [3.63, 3.8) is 0 Å². The normalized spacial score (nSPS) is 24.3. The van der Waals surface area contributed by atoms with Crippen LogP contribution in [0.4, 0.5) is 0 Å². The minimum absolute atomic E-state index is 0.0319. The molecule has 1 aromatic rings. The Balaban J connectivity index is 1.82. The van der Waals surface area contributed by atoms with Gasteiger partial charge in [0.15, 0.2) is 0 Å². The fraction of sp³-hybridized carbons (Fsp3) is 0.500. The van der Waals surface area contributed by atoms with Gasteiger partial charge >= 0.3 is 0 Å². The number of rotatable bonds is 2. The van der Waals surface area contributed by atoms with E-state index in [0.717, 1.165) is 36.1 Å². The van der Waals surface area contributed by atoms with Crippen molar-refractivity contribution in [3.8, 4) is 5.75 Å². The quantitative estimate of drug-likeness (QED) is 0.900. The molecule has 1 atom stereocenters. The molecule has 0 aromatic carbocycles. The van der Waals surface area contributed by atoms with Crippen molar-refractivity contribution in [3.05, 3.63) is 41.2 Å². The molecule has 4 nitrogen and oxygen atoms in total. The Morgan fingerprint density at radius 2 is 2.00 bits per heavy atom. The Bertz CT molecular complexity index is 714. The number of allylic oxidation sites excluding steroid dienone is 1. The van der Waals surface area contributed by atoms with Gasteiger partial charge in [-0.1, -0.05) is 19.3 Å². The number of fused-ring (bicyclic) bond motifs is 2. The number of hydrogen-bond donors (Lipinski definition) is 1. The number of carbonyl (C=O) groups excluding carboxylic acids is 1. The number of primary amides is 1. The SMILES string of the molecule is NC(=O)C1=CC2=C(CCC1)c1ccncc1O[C@@H]2C1CCCCC1. The lowest BCUT2D eigenvalue weighted by atomic mass is 9.79. The highest BCUT2D eigenvalue weighted by atomic mass is 16.5. The summed E-state index contributed by atoms with van der Waals surface area (Å²) in [5, 5.41) is 0. The zero-order valence-electron chi connectivity index (χ0n) is 14.0. The summed E-state index contributed by atoms with van der Waals surface area (Å²) in [5.74, 6) is 1.11. The first kappa shape index (κ1) is 15.4. The molecule has 0 unspecified atom stereocenters. The van der Waals surface area contributed by atoms with E-state index in [1.807, 2.05) is 24.5 Å². The van der Waals surface area contributed by atoms with Crippen LogP contribution in [0.1, 0.15) is 56.9 Å². The van der Waals surface area contributed by atoms with Crippen molar-refractivity contribution in [2.45, 2.75) is 57.5 Å². The molecular formula is C20H24N2O2. The van der Waals surface area contributed by atoms with E-state index in [0.29, 0.717) is 5.92 Å². The molecule has 1 fully saturated rings. The molecule has 4 rings (SSSR count). The van der Waals surface area contributed by atoms with Crippen LogP contribution in [0.25, 0.3) is 5.57 Å². The minimum Gasteiger partial charge on any atom is -0.483 e. The van der Waals surface area contributed by atoms with Gasteiger partial charge in [-0.3, -0.25) is 9.78 Å². The van der Waals surface area contributed by atoms with Crippen molar-refractivity contribution in [1.82, 2.24) is 4.98 Å². The zero-order chi connectivity index (χ0) is 16.5. The standard InChI is InChI=1S/C20H24N2O2/c21-20(23)14-7-4-8-15-16-9-10-22-12-18(16)24-19(17(15)11-14)13-5-2-1-3-6-13/h9-13,19H,1-8H2,(H2,21,23)/t19-/m1/s1. The summed E-state index contributed by atoms with van der Waals surface area (Å²) in [5.41, 5.74) is 9.98. The molecule has 0 saturated heterocycles. The molecule has 4 heteroatoms. The van der Waals surface area contributed by atoms with Crippen LogP contribution in [0.3, 0.4) is 0 Å². The topological polar surface area (TPSA) is 65.2 Å². The van der Waals surface area contributed by atoms with Crippen LogP contribution < -0.4 is 10.5 Å². The molecule has 0 spiro atoms. The summed E-state index contributed by atoms with van der Waals surface area (Å²) < 4.78 is 6.41. The summed E-state index contributed by atoms with van der Waals surface area (Å²) in [6, 6.07) is 2.03. The predicted octanol–water partition coefficient (Wildman–Crippen LogP) is 3.77.